The normalized spacial score (nSPS) is 24.2. The zero-order valence-electron chi connectivity index (χ0n) is 14.7. The fourth-order valence-electron chi connectivity index (χ4n) is 4.44. The molecule has 2 aliphatic rings. The van der Waals surface area contributed by atoms with Crippen LogP contribution in [0, 0.1) is 0 Å². The summed E-state index contributed by atoms with van der Waals surface area (Å²) in [6.07, 6.45) is 2.20. The predicted octanol–water partition coefficient (Wildman–Crippen LogP) is 2.68. The second kappa shape index (κ2) is 6.29. The molecule has 26 heavy (non-hydrogen) atoms. The van der Waals surface area contributed by atoms with Gasteiger partial charge in [-0.1, -0.05) is 31.5 Å². The van der Waals surface area contributed by atoms with Crippen LogP contribution in [0.25, 0.3) is 0 Å². The Hall–Kier alpha value is -2.60. The van der Waals surface area contributed by atoms with Gasteiger partial charge < -0.3 is 19.7 Å². The van der Waals surface area contributed by atoms with Crippen LogP contribution < -0.4 is 5.32 Å². The molecule has 1 aromatic heterocycles. The van der Waals surface area contributed by atoms with E-state index in [0.717, 1.165) is 24.1 Å². The Morgan fingerprint density at radius 2 is 2.15 bits per heavy atom. The van der Waals surface area contributed by atoms with Gasteiger partial charge in [0, 0.05) is 12.2 Å². The van der Waals surface area contributed by atoms with Gasteiger partial charge in [-0.05, 0) is 36.6 Å². The molecule has 0 unspecified atom stereocenters. The van der Waals surface area contributed by atoms with Gasteiger partial charge in [0.15, 0.2) is 5.76 Å². The number of benzene rings is 1. The largest absolute Gasteiger partial charge is 0.453 e. The van der Waals surface area contributed by atoms with Crippen molar-refractivity contribution in [2.75, 3.05) is 11.9 Å². The van der Waals surface area contributed by atoms with Crippen molar-refractivity contribution in [1.29, 1.82) is 0 Å². The first-order valence-electron chi connectivity index (χ1n) is 9.03. The van der Waals surface area contributed by atoms with E-state index >= 15 is 0 Å². The van der Waals surface area contributed by atoms with E-state index in [1.54, 1.807) is 17.0 Å². The Balaban J connectivity index is 1.73. The summed E-state index contributed by atoms with van der Waals surface area (Å²) in [7, 11) is 0. The number of aliphatic hydroxyl groups excluding tert-OH is 1. The van der Waals surface area contributed by atoms with Crippen LogP contribution in [-0.4, -0.2) is 34.4 Å². The van der Waals surface area contributed by atoms with Gasteiger partial charge in [0.25, 0.3) is 5.91 Å². The number of hydrogen-bond donors (Lipinski definition) is 2. The minimum absolute atomic E-state index is 0.0251. The van der Waals surface area contributed by atoms with Gasteiger partial charge in [-0.25, -0.2) is 0 Å². The second-order valence-electron chi connectivity index (χ2n) is 6.95. The molecular formula is C20H22N2O4. The lowest BCUT2D eigenvalue weighted by Crippen LogP contribution is -2.48. The number of likely N-dealkylation sites (tertiary alicyclic amines) is 1. The molecule has 6 nitrogen and oxygen atoms in total. The van der Waals surface area contributed by atoms with E-state index in [1.165, 1.54) is 0 Å². The van der Waals surface area contributed by atoms with Crippen molar-refractivity contribution < 1.29 is 19.1 Å². The molecule has 2 N–H and O–H groups in total. The summed E-state index contributed by atoms with van der Waals surface area (Å²) in [5.41, 5.74) is 1.12. The molecular weight excluding hydrogens is 332 g/mol. The maximum atomic E-state index is 13.0. The zero-order chi connectivity index (χ0) is 18.3. The molecule has 0 saturated carbocycles. The monoisotopic (exact) mass is 354 g/mol. The Kier molecular flexibility index (Phi) is 4.07. The number of furan rings is 1. The highest BCUT2D eigenvalue weighted by Gasteiger charge is 2.58. The maximum Gasteiger partial charge on any atom is 0.289 e. The van der Waals surface area contributed by atoms with Gasteiger partial charge in [0.2, 0.25) is 5.91 Å². The highest BCUT2D eigenvalue weighted by Crippen LogP contribution is 2.49. The average molecular weight is 354 g/mol. The van der Waals surface area contributed by atoms with Crippen LogP contribution in [0.15, 0.2) is 40.8 Å². The number of hydrogen-bond acceptors (Lipinski definition) is 4. The van der Waals surface area contributed by atoms with E-state index in [0.29, 0.717) is 18.7 Å². The molecule has 2 amide bonds. The fourth-order valence-corrected chi connectivity index (χ4v) is 4.44. The highest BCUT2D eigenvalue weighted by atomic mass is 16.4. The summed E-state index contributed by atoms with van der Waals surface area (Å²) in [5.74, 6) is 0.317. The molecule has 0 bridgehead atoms. The van der Waals surface area contributed by atoms with Gasteiger partial charge in [0.05, 0.1) is 11.5 Å². The number of carbonyl (C=O) groups excluding carboxylic acids is 2. The van der Waals surface area contributed by atoms with Crippen molar-refractivity contribution in [1.82, 2.24) is 4.90 Å². The third kappa shape index (κ3) is 2.29. The van der Waals surface area contributed by atoms with Crippen LogP contribution in [0.2, 0.25) is 0 Å². The van der Waals surface area contributed by atoms with Crippen molar-refractivity contribution in [3.63, 3.8) is 0 Å². The number of fused-ring (bicyclic) bond motifs is 2. The first-order chi connectivity index (χ1) is 12.6. The molecule has 136 valence electrons. The number of rotatable bonds is 4. The maximum absolute atomic E-state index is 13.0. The lowest BCUT2D eigenvalue weighted by Gasteiger charge is -2.33. The van der Waals surface area contributed by atoms with Crippen LogP contribution >= 0.6 is 0 Å². The van der Waals surface area contributed by atoms with Crippen molar-refractivity contribution in [3.8, 4) is 0 Å². The Morgan fingerprint density at radius 1 is 1.35 bits per heavy atom. The number of anilines is 1. The van der Waals surface area contributed by atoms with Crippen molar-refractivity contribution >= 4 is 17.5 Å². The molecule has 2 aliphatic heterocycles. The molecule has 6 heteroatoms. The van der Waals surface area contributed by atoms with Crippen LogP contribution in [0.4, 0.5) is 5.69 Å². The number of nitrogens with one attached hydrogen (secondary N) is 1. The number of para-hydroxylation sites is 1. The second-order valence-corrected chi connectivity index (χ2v) is 6.95. The molecule has 2 atom stereocenters. The summed E-state index contributed by atoms with van der Waals surface area (Å²) in [6, 6.07) is 10.7. The quantitative estimate of drug-likeness (QED) is 0.884. The molecule has 0 radical (unpaired) electrons. The van der Waals surface area contributed by atoms with Gasteiger partial charge in [-0.15, -0.1) is 0 Å². The van der Waals surface area contributed by atoms with E-state index in [9.17, 15) is 14.7 Å². The van der Waals surface area contributed by atoms with Crippen LogP contribution in [-0.2, 0) is 16.8 Å². The molecule has 2 aromatic rings. The number of aliphatic hydroxyl groups is 1. The number of carbonyl (C=O) groups is 2. The summed E-state index contributed by atoms with van der Waals surface area (Å²) < 4.78 is 5.44. The summed E-state index contributed by atoms with van der Waals surface area (Å²) in [6.45, 7) is 2.32. The first kappa shape index (κ1) is 16.8. The summed E-state index contributed by atoms with van der Waals surface area (Å²) in [5, 5.41) is 12.2. The third-order valence-corrected chi connectivity index (χ3v) is 5.60. The van der Waals surface area contributed by atoms with E-state index < -0.39 is 5.41 Å². The zero-order valence-corrected chi connectivity index (χ0v) is 14.7. The number of amides is 2. The standard InChI is InChI=1S/C20H22N2O4/c1-2-5-17-20(14-6-3-4-7-15(14)21-19(20)25)10-11-22(17)18(24)16-9-8-13(12-23)26-16/h3-4,6-9,17,23H,2,5,10-12H2,1H3,(H,21,25)/t17-,20+/m0/s1. The minimum Gasteiger partial charge on any atom is -0.453 e. The molecule has 1 saturated heterocycles. The lowest BCUT2D eigenvalue weighted by atomic mass is 9.73. The van der Waals surface area contributed by atoms with E-state index in [2.05, 4.69) is 12.2 Å². The molecule has 4 rings (SSSR count). The van der Waals surface area contributed by atoms with E-state index in [-0.39, 0.29) is 30.2 Å². The van der Waals surface area contributed by atoms with Crippen LogP contribution in [0.1, 0.15) is 48.1 Å². The lowest BCUT2D eigenvalue weighted by molar-refractivity contribution is -0.121. The highest BCUT2D eigenvalue weighted by molar-refractivity contribution is 6.08. The SMILES string of the molecule is CCC[C@@H]1N(C(=O)c2ccc(CO)o2)CC[C@]12C(=O)Nc1ccccc12. The predicted molar refractivity (Wildman–Crippen MR) is 95.7 cm³/mol. The summed E-state index contributed by atoms with van der Waals surface area (Å²) in [4.78, 5) is 27.8. The fraction of sp³-hybridized carbons (Fsp3) is 0.400. The van der Waals surface area contributed by atoms with E-state index in [4.69, 9.17) is 4.42 Å². The Morgan fingerprint density at radius 3 is 2.88 bits per heavy atom. The van der Waals surface area contributed by atoms with Crippen molar-refractivity contribution in [2.24, 2.45) is 0 Å². The third-order valence-electron chi connectivity index (χ3n) is 5.60. The first-order valence-corrected chi connectivity index (χ1v) is 9.03. The Bertz CT molecular complexity index is 859. The topological polar surface area (TPSA) is 82.8 Å². The molecule has 1 aromatic carbocycles. The van der Waals surface area contributed by atoms with E-state index in [1.807, 2.05) is 24.3 Å². The molecule has 1 spiro atoms. The average Bonchev–Trinajstić information content (AvgIpc) is 3.34. The van der Waals surface area contributed by atoms with Crippen molar-refractivity contribution in [3.05, 3.63) is 53.5 Å². The van der Waals surface area contributed by atoms with Crippen molar-refractivity contribution in [2.45, 2.75) is 44.2 Å². The van der Waals surface area contributed by atoms with Crippen LogP contribution in [0.3, 0.4) is 0 Å². The van der Waals surface area contributed by atoms with Gasteiger partial charge in [-0.3, -0.25) is 9.59 Å². The number of nitrogens with zero attached hydrogens (tertiary/aromatic N) is 1. The van der Waals surface area contributed by atoms with Gasteiger partial charge in [0.1, 0.15) is 12.4 Å². The molecule has 1 fully saturated rings. The Labute approximate surface area is 151 Å². The minimum atomic E-state index is -0.700. The van der Waals surface area contributed by atoms with Gasteiger partial charge in [-0.2, -0.15) is 0 Å². The molecule has 3 heterocycles. The smallest absolute Gasteiger partial charge is 0.289 e. The van der Waals surface area contributed by atoms with Gasteiger partial charge >= 0.3 is 0 Å². The summed E-state index contributed by atoms with van der Waals surface area (Å²) >= 11 is 0. The van der Waals surface area contributed by atoms with Crippen LogP contribution in [0.5, 0.6) is 0 Å². The molecule has 0 aliphatic carbocycles.